The molecule has 0 aliphatic heterocycles. The molecule has 1 aromatic rings. The molecule has 0 heterocycles. The van der Waals surface area contributed by atoms with Crippen molar-refractivity contribution in [2.75, 3.05) is 6.61 Å². The van der Waals surface area contributed by atoms with E-state index in [1.807, 2.05) is 0 Å². The number of hydrogen-bond acceptors (Lipinski definition) is 2. The summed E-state index contributed by atoms with van der Waals surface area (Å²) in [5, 5.41) is 0. The van der Waals surface area contributed by atoms with Crippen LogP contribution in [0.1, 0.15) is 57.1 Å². The summed E-state index contributed by atoms with van der Waals surface area (Å²) in [6.07, 6.45) is 3.26. The van der Waals surface area contributed by atoms with Gasteiger partial charge in [0.05, 0.1) is 6.61 Å². The molecule has 0 aliphatic rings. The summed E-state index contributed by atoms with van der Waals surface area (Å²) in [6.45, 7) is 7.01. The minimum absolute atomic E-state index is 0.0867. The van der Waals surface area contributed by atoms with Crippen molar-refractivity contribution in [3.05, 3.63) is 35.4 Å². The van der Waals surface area contributed by atoms with Gasteiger partial charge in [-0.3, -0.25) is 4.79 Å². The van der Waals surface area contributed by atoms with E-state index >= 15 is 0 Å². The molecule has 18 heavy (non-hydrogen) atoms. The van der Waals surface area contributed by atoms with E-state index in [-0.39, 0.29) is 5.97 Å². The molecule has 2 nitrogen and oxygen atoms in total. The molecule has 0 unspecified atom stereocenters. The summed E-state index contributed by atoms with van der Waals surface area (Å²) in [7, 11) is 0. The first-order chi connectivity index (χ1) is 8.63. The number of ether oxygens (including phenoxy) is 1. The average Bonchev–Trinajstić information content (AvgIpc) is 2.37. The molecule has 0 saturated heterocycles. The topological polar surface area (TPSA) is 26.3 Å². The number of unbranched alkanes of at least 4 members (excludes halogenated alkanes) is 1. The summed E-state index contributed by atoms with van der Waals surface area (Å²) < 4.78 is 5.13. The predicted molar refractivity (Wildman–Crippen MR) is 74.7 cm³/mol. The third-order valence-corrected chi connectivity index (χ3v) is 3.03. The van der Waals surface area contributed by atoms with Crippen molar-refractivity contribution >= 4 is 5.97 Å². The van der Waals surface area contributed by atoms with E-state index in [1.165, 1.54) is 11.1 Å². The van der Waals surface area contributed by atoms with Crippen LogP contribution in [0, 0.1) is 0 Å². The lowest BCUT2D eigenvalue weighted by Gasteiger charge is -2.07. The number of benzene rings is 1. The predicted octanol–water partition coefficient (Wildman–Crippen LogP) is 4.09. The zero-order chi connectivity index (χ0) is 13.4. The van der Waals surface area contributed by atoms with E-state index in [4.69, 9.17) is 4.74 Å². The molecule has 0 bridgehead atoms. The van der Waals surface area contributed by atoms with E-state index in [0.717, 1.165) is 19.3 Å². The maximum atomic E-state index is 11.4. The highest BCUT2D eigenvalue weighted by Crippen LogP contribution is 2.15. The lowest BCUT2D eigenvalue weighted by molar-refractivity contribution is -0.143. The molecular weight excluding hydrogens is 224 g/mol. The van der Waals surface area contributed by atoms with Crippen LogP contribution in [0.4, 0.5) is 0 Å². The smallest absolute Gasteiger partial charge is 0.306 e. The highest BCUT2D eigenvalue weighted by atomic mass is 16.5. The lowest BCUT2D eigenvalue weighted by Crippen LogP contribution is -2.06. The van der Waals surface area contributed by atoms with Gasteiger partial charge in [0, 0.05) is 6.42 Å². The van der Waals surface area contributed by atoms with Gasteiger partial charge in [0.2, 0.25) is 0 Å². The van der Waals surface area contributed by atoms with Crippen molar-refractivity contribution in [2.45, 2.75) is 52.4 Å². The minimum atomic E-state index is -0.0867. The summed E-state index contributed by atoms with van der Waals surface area (Å²) in [4.78, 5) is 11.4. The largest absolute Gasteiger partial charge is 0.466 e. The molecule has 100 valence electrons. The van der Waals surface area contributed by atoms with Gasteiger partial charge in [-0.15, -0.1) is 0 Å². The Morgan fingerprint density at radius 1 is 1.22 bits per heavy atom. The van der Waals surface area contributed by atoms with Gasteiger partial charge in [-0.05, 0) is 29.9 Å². The normalized spacial score (nSPS) is 10.7. The highest BCUT2D eigenvalue weighted by molar-refractivity contribution is 5.69. The molecule has 2 heteroatoms. The van der Waals surface area contributed by atoms with E-state index in [2.05, 4.69) is 45.0 Å². The summed E-state index contributed by atoms with van der Waals surface area (Å²) in [5.74, 6) is 0.467. The van der Waals surface area contributed by atoms with Crippen molar-refractivity contribution in [2.24, 2.45) is 0 Å². The SMILES string of the molecule is CCCCOC(=O)CCc1ccc(C(C)C)cc1. The maximum absolute atomic E-state index is 11.4. The van der Waals surface area contributed by atoms with Crippen LogP contribution < -0.4 is 0 Å². The van der Waals surface area contributed by atoms with E-state index in [9.17, 15) is 4.79 Å². The summed E-state index contributed by atoms with van der Waals surface area (Å²) in [5.41, 5.74) is 2.54. The fraction of sp³-hybridized carbons (Fsp3) is 0.562. The second kappa shape index (κ2) is 7.91. The quantitative estimate of drug-likeness (QED) is 0.536. The number of esters is 1. The van der Waals surface area contributed by atoms with Gasteiger partial charge in [-0.25, -0.2) is 0 Å². The second-order valence-electron chi connectivity index (χ2n) is 4.97. The Morgan fingerprint density at radius 2 is 1.89 bits per heavy atom. The zero-order valence-corrected chi connectivity index (χ0v) is 11.7. The number of carbonyl (C=O) groups is 1. The van der Waals surface area contributed by atoms with Crippen LogP contribution in [0.5, 0.6) is 0 Å². The third kappa shape index (κ3) is 5.35. The van der Waals surface area contributed by atoms with Crippen molar-refractivity contribution in [1.82, 2.24) is 0 Å². The molecule has 0 saturated carbocycles. The lowest BCUT2D eigenvalue weighted by atomic mass is 10.0. The molecule has 0 spiro atoms. The highest BCUT2D eigenvalue weighted by Gasteiger charge is 2.04. The van der Waals surface area contributed by atoms with Crippen LogP contribution in [0.3, 0.4) is 0 Å². The molecule has 0 aromatic heterocycles. The van der Waals surface area contributed by atoms with Crippen LogP contribution in [-0.4, -0.2) is 12.6 Å². The molecule has 0 N–H and O–H groups in total. The van der Waals surface area contributed by atoms with Gasteiger partial charge in [0.15, 0.2) is 0 Å². The van der Waals surface area contributed by atoms with Gasteiger partial charge in [-0.1, -0.05) is 51.5 Å². The molecule has 0 fully saturated rings. The molecule has 0 aliphatic carbocycles. The van der Waals surface area contributed by atoms with Gasteiger partial charge >= 0.3 is 5.97 Å². The number of carbonyl (C=O) groups excluding carboxylic acids is 1. The first-order valence-electron chi connectivity index (χ1n) is 6.88. The Labute approximate surface area is 110 Å². The Hall–Kier alpha value is -1.31. The van der Waals surface area contributed by atoms with Crippen LogP contribution in [0.15, 0.2) is 24.3 Å². The third-order valence-electron chi connectivity index (χ3n) is 3.03. The molecule has 1 rings (SSSR count). The molecule has 1 aromatic carbocycles. The molecule has 0 radical (unpaired) electrons. The Bertz CT molecular complexity index is 352. The van der Waals surface area contributed by atoms with Crippen molar-refractivity contribution in [3.8, 4) is 0 Å². The Balaban J connectivity index is 2.32. The number of hydrogen-bond donors (Lipinski definition) is 0. The first kappa shape index (κ1) is 14.7. The van der Waals surface area contributed by atoms with Gasteiger partial charge in [-0.2, -0.15) is 0 Å². The first-order valence-corrected chi connectivity index (χ1v) is 6.88. The van der Waals surface area contributed by atoms with Crippen molar-refractivity contribution in [3.63, 3.8) is 0 Å². The standard InChI is InChI=1S/C16H24O2/c1-4-5-12-18-16(17)11-8-14-6-9-15(10-7-14)13(2)3/h6-7,9-10,13H,4-5,8,11-12H2,1-3H3. The molecular formula is C16H24O2. The van der Waals surface area contributed by atoms with Gasteiger partial charge in [0.25, 0.3) is 0 Å². The fourth-order valence-electron chi connectivity index (χ4n) is 1.72. The van der Waals surface area contributed by atoms with Crippen LogP contribution in [-0.2, 0) is 16.0 Å². The fourth-order valence-corrected chi connectivity index (χ4v) is 1.72. The van der Waals surface area contributed by atoms with Crippen LogP contribution >= 0.6 is 0 Å². The number of rotatable bonds is 7. The summed E-state index contributed by atoms with van der Waals surface area (Å²) in [6, 6.07) is 8.49. The Morgan fingerprint density at radius 3 is 2.44 bits per heavy atom. The molecule has 0 amide bonds. The number of aryl methyl sites for hydroxylation is 1. The van der Waals surface area contributed by atoms with Crippen molar-refractivity contribution < 1.29 is 9.53 Å². The van der Waals surface area contributed by atoms with E-state index in [0.29, 0.717) is 18.9 Å². The van der Waals surface area contributed by atoms with Crippen LogP contribution in [0.2, 0.25) is 0 Å². The average molecular weight is 248 g/mol. The van der Waals surface area contributed by atoms with E-state index in [1.54, 1.807) is 0 Å². The molecule has 0 atom stereocenters. The second-order valence-corrected chi connectivity index (χ2v) is 4.97. The van der Waals surface area contributed by atoms with Gasteiger partial charge < -0.3 is 4.74 Å². The zero-order valence-electron chi connectivity index (χ0n) is 11.7. The van der Waals surface area contributed by atoms with Gasteiger partial charge in [0.1, 0.15) is 0 Å². The van der Waals surface area contributed by atoms with Crippen LogP contribution in [0.25, 0.3) is 0 Å². The van der Waals surface area contributed by atoms with Crippen molar-refractivity contribution in [1.29, 1.82) is 0 Å². The maximum Gasteiger partial charge on any atom is 0.306 e. The monoisotopic (exact) mass is 248 g/mol. The Kier molecular flexibility index (Phi) is 6.48. The summed E-state index contributed by atoms with van der Waals surface area (Å²) >= 11 is 0. The van der Waals surface area contributed by atoms with E-state index < -0.39 is 0 Å². The minimum Gasteiger partial charge on any atom is -0.466 e.